The zero-order chi connectivity index (χ0) is 21.9. The van der Waals surface area contributed by atoms with Gasteiger partial charge in [-0.3, -0.25) is 0 Å². The number of hydrogen-bond acceptors (Lipinski definition) is 6. The van der Waals surface area contributed by atoms with E-state index in [1.54, 1.807) is 12.2 Å². The molecule has 30 heavy (non-hydrogen) atoms. The number of ether oxygens (including phenoxy) is 6. The van der Waals surface area contributed by atoms with E-state index >= 15 is 0 Å². The SMILES string of the molecule is C=CCO[C@H]1COC(C)(C)O[C@@H]1C=C.CC1(C)OC[C@@H]2OCC=C[C@H]2O1.ClCCl.[Ru]. The van der Waals surface area contributed by atoms with Gasteiger partial charge >= 0.3 is 0 Å². The number of hydrogen-bond donors (Lipinski definition) is 0. The Balaban J connectivity index is 0.000000485. The molecule has 0 N–H and O–H groups in total. The summed E-state index contributed by atoms with van der Waals surface area (Å²) in [7, 11) is 0. The van der Waals surface area contributed by atoms with Crippen LogP contribution in [0.2, 0.25) is 0 Å². The first-order valence-electron chi connectivity index (χ1n) is 9.56. The van der Waals surface area contributed by atoms with Crippen LogP contribution in [0.25, 0.3) is 0 Å². The first-order valence-corrected chi connectivity index (χ1v) is 10.6. The zero-order valence-corrected chi connectivity index (χ0v) is 21.4. The Bertz CT molecular complexity index is 530. The molecule has 0 saturated carbocycles. The maximum atomic E-state index is 5.64. The van der Waals surface area contributed by atoms with Gasteiger partial charge in [-0.25, -0.2) is 0 Å². The second-order valence-corrected chi connectivity index (χ2v) is 8.19. The Morgan fingerprint density at radius 1 is 1.07 bits per heavy atom. The molecule has 4 atom stereocenters. The fourth-order valence-electron chi connectivity index (χ4n) is 2.84. The van der Waals surface area contributed by atoms with E-state index in [0.29, 0.717) is 26.4 Å². The fraction of sp³-hybridized carbons (Fsp3) is 0.714. The maximum Gasteiger partial charge on any atom is 0.163 e. The van der Waals surface area contributed by atoms with Crippen LogP contribution in [0.15, 0.2) is 37.5 Å². The van der Waals surface area contributed by atoms with Gasteiger partial charge in [0.1, 0.15) is 24.4 Å². The van der Waals surface area contributed by atoms with Crippen LogP contribution >= 0.6 is 23.2 Å². The van der Waals surface area contributed by atoms with Crippen molar-refractivity contribution in [2.45, 2.75) is 63.7 Å². The van der Waals surface area contributed by atoms with E-state index < -0.39 is 11.6 Å². The Morgan fingerprint density at radius 2 is 1.67 bits per heavy atom. The molecule has 2 fully saturated rings. The summed E-state index contributed by atoms with van der Waals surface area (Å²) < 4.78 is 33.1. The van der Waals surface area contributed by atoms with Crippen LogP contribution in [0.5, 0.6) is 0 Å². The summed E-state index contributed by atoms with van der Waals surface area (Å²) >= 11 is 9.53. The molecule has 0 amide bonds. The van der Waals surface area contributed by atoms with Gasteiger partial charge in [-0.15, -0.1) is 36.4 Å². The number of rotatable bonds is 4. The van der Waals surface area contributed by atoms with Crippen molar-refractivity contribution in [3.8, 4) is 0 Å². The standard InChI is InChI=1S/C11H18O3.C9H14O3.CH2Cl2.Ru/c1-5-7-12-10-8-13-11(3,4)14-9(10)6-2;1-9(2)11-6-8-7(12-9)4-3-5-10-8;2-1-3;/h5-6,9-10H,1-2,7-8H2,3-4H3;3-4,7-8H,5-6H2,1-2H3;1H2;/t9-,10+;7-,8+;;/m11../s1. The zero-order valence-electron chi connectivity index (χ0n) is 18.1. The quantitative estimate of drug-likeness (QED) is 0.292. The molecule has 0 bridgehead atoms. The predicted octanol–water partition coefficient (Wildman–Crippen LogP) is 4.41. The summed E-state index contributed by atoms with van der Waals surface area (Å²) in [6.45, 7) is 17.3. The Labute approximate surface area is 203 Å². The molecule has 3 aliphatic rings. The van der Waals surface area contributed by atoms with Crippen molar-refractivity contribution < 1.29 is 47.9 Å². The molecule has 2 saturated heterocycles. The first-order chi connectivity index (χ1) is 13.7. The van der Waals surface area contributed by atoms with Crippen LogP contribution in [-0.2, 0) is 47.9 Å². The number of halogens is 2. The monoisotopic (exact) mass is 554 g/mol. The first kappa shape index (κ1) is 30.2. The normalized spacial score (nSPS) is 30.7. The fourth-order valence-corrected chi connectivity index (χ4v) is 2.84. The summed E-state index contributed by atoms with van der Waals surface area (Å²) in [5, 5.41) is 0.194. The van der Waals surface area contributed by atoms with Gasteiger partial charge in [0.25, 0.3) is 0 Å². The molecule has 0 aromatic carbocycles. The average Bonchev–Trinajstić information content (AvgIpc) is 2.67. The van der Waals surface area contributed by atoms with Crippen LogP contribution in [0.4, 0.5) is 0 Å². The molecule has 0 aliphatic carbocycles. The van der Waals surface area contributed by atoms with Crippen LogP contribution in [0.3, 0.4) is 0 Å². The van der Waals surface area contributed by atoms with Gasteiger partial charge in [-0.1, -0.05) is 24.3 Å². The Morgan fingerprint density at radius 3 is 2.27 bits per heavy atom. The van der Waals surface area contributed by atoms with Crippen molar-refractivity contribution in [1.29, 1.82) is 0 Å². The Kier molecular flexibility index (Phi) is 15.2. The van der Waals surface area contributed by atoms with Crippen molar-refractivity contribution in [3.63, 3.8) is 0 Å². The van der Waals surface area contributed by atoms with Crippen molar-refractivity contribution in [2.24, 2.45) is 0 Å². The summed E-state index contributed by atoms with van der Waals surface area (Å²) in [6, 6.07) is 0. The molecular weight excluding hydrogens is 520 g/mol. The largest absolute Gasteiger partial charge is 0.369 e. The molecule has 3 heterocycles. The smallest absolute Gasteiger partial charge is 0.163 e. The molecule has 3 aliphatic heterocycles. The molecule has 0 aromatic rings. The topological polar surface area (TPSA) is 55.4 Å². The molecule has 0 radical (unpaired) electrons. The van der Waals surface area contributed by atoms with Crippen molar-refractivity contribution in [2.75, 3.05) is 31.8 Å². The number of alkyl halides is 2. The van der Waals surface area contributed by atoms with Gasteiger partial charge in [-0.05, 0) is 27.7 Å². The minimum absolute atomic E-state index is 0. The van der Waals surface area contributed by atoms with Gasteiger partial charge in [0.15, 0.2) is 11.6 Å². The molecule has 0 spiro atoms. The molecular formula is C21H34Cl2O6Ru. The predicted molar refractivity (Wildman–Crippen MR) is 115 cm³/mol. The van der Waals surface area contributed by atoms with E-state index in [4.69, 9.17) is 51.6 Å². The summed E-state index contributed by atoms with van der Waals surface area (Å²) in [5.41, 5.74) is 0. The van der Waals surface area contributed by atoms with Crippen LogP contribution in [-0.4, -0.2) is 67.8 Å². The van der Waals surface area contributed by atoms with E-state index in [0.717, 1.165) is 0 Å². The second kappa shape index (κ2) is 15.1. The van der Waals surface area contributed by atoms with Gasteiger partial charge in [0.05, 0.1) is 31.8 Å². The third-order valence-corrected chi connectivity index (χ3v) is 4.16. The van der Waals surface area contributed by atoms with Gasteiger partial charge < -0.3 is 28.4 Å². The minimum Gasteiger partial charge on any atom is -0.369 e. The summed E-state index contributed by atoms with van der Waals surface area (Å²) in [4.78, 5) is 0. The van der Waals surface area contributed by atoms with Crippen LogP contribution < -0.4 is 0 Å². The van der Waals surface area contributed by atoms with Gasteiger partial charge in [0.2, 0.25) is 0 Å². The van der Waals surface area contributed by atoms with E-state index in [9.17, 15) is 0 Å². The molecule has 176 valence electrons. The minimum atomic E-state index is -0.549. The third kappa shape index (κ3) is 11.2. The second-order valence-electron chi connectivity index (χ2n) is 7.38. The van der Waals surface area contributed by atoms with Gasteiger partial charge in [0, 0.05) is 19.5 Å². The molecule has 0 aromatic heterocycles. The van der Waals surface area contributed by atoms with Crippen molar-refractivity contribution in [1.82, 2.24) is 0 Å². The van der Waals surface area contributed by atoms with E-state index in [1.807, 2.05) is 33.8 Å². The molecule has 3 rings (SSSR count). The summed E-state index contributed by atoms with van der Waals surface area (Å²) in [5.74, 6) is -1.01. The third-order valence-electron chi connectivity index (χ3n) is 4.16. The van der Waals surface area contributed by atoms with Gasteiger partial charge in [-0.2, -0.15) is 0 Å². The van der Waals surface area contributed by atoms with Crippen LogP contribution in [0, 0.1) is 0 Å². The summed E-state index contributed by atoms with van der Waals surface area (Å²) in [6.07, 6.45) is 7.46. The van der Waals surface area contributed by atoms with Crippen molar-refractivity contribution >= 4 is 23.2 Å². The van der Waals surface area contributed by atoms with Crippen molar-refractivity contribution in [3.05, 3.63) is 37.5 Å². The van der Waals surface area contributed by atoms with E-state index in [2.05, 4.69) is 19.2 Å². The van der Waals surface area contributed by atoms with Crippen LogP contribution in [0.1, 0.15) is 27.7 Å². The van der Waals surface area contributed by atoms with E-state index in [-0.39, 0.29) is 49.2 Å². The maximum absolute atomic E-state index is 5.64. The molecule has 9 heteroatoms. The Hall–Kier alpha value is 0.183. The number of fused-ring (bicyclic) bond motifs is 1. The molecule has 0 unspecified atom stereocenters. The van der Waals surface area contributed by atoms with E-state index in [1.165, 1.54) is 0 Å². The molecule has 6 nitrogen and oxygen atoms in total. The average molecular weight is 554 g/mol.